The van der Waals surface area contributed by atoms with E-state index in [0.717, 1.165) is 12.5 Å². The van der Waals surface area contributed by atoms with Crippen LogP contribution in [0, 0.1) is 5.92 Å². The monoisotopic (exact) mass is 280 g/mol. The van der Waals surface area contributed by atoms with Gasteiger partial charge in [0.05, 0.1) is 0 Å². The molecule has 2 heteroatoms. The average molecular weight is 280 g/mol. The van der Waals surface area contributed by atoms with E-state index >= 15 is 0 Å². The third-order valence-electron chi connectivity index (χ3n) is 5.46. The van der Waals surface area contributed by atoms with Crippen molar-refractivity contribution >= 4 is 10.9 Å². The van der Waals surface area contributed by atoms with Gasteiger partial charge in [-0.3, -0.25) is 0 Å². The molecule has 0 saturated carbocycles. The lowest BCUT2D eigenvalue weighted by atomic mass is 9.73. The van der Waals surface area contributed by atoms with E-state index in [4.69, 9.17) is 0 Å². The molecule has 3 atom stereocenters. The summed E-state index contributed by atoms with van der Waals surface area (Å²) in [6, 6.07) is 7.55. The highest BCUT2D eigenvalue weighted by molar-refractivity contribution is 5.89. The van der Waals surface area contributed by atoms with Crippen molar-refractivity contribution in [2.24, 2.45) is 5.92 Å². The first kappa shape index (κ1) is 13.1. The van der Waals surface area contributed by atoms with Crippen molar-refractivity contribution in [3.8, 4) is 0 Å². The molecule has 1 aromatic carbocycles. The van der Waals surface area contributed by atoms with Gasteiger partial charge in [0.15, 0.2) is 0 Å². The Morgan fingerprint density at radius 3 is 3.05 bits per heavy atom. The number of likely N-dealkylation sites (tertiary alicyclic amines) is 1. The number of allylic oxidation sites excluding steroid dienone is 1. The predicted molar refractivity (Wildman–Crippen MR) is 88.8 cm³/mol. The van der Waals surface area contributed by atoms with Gasteiger partial charge in [-0.2, -0.15) is 0 Å². The highest BCUT2D eigenvalue weighted by Crippen LogP contribution is 2.44. The van der Waals surface area contributed by atoms with Crippen molar-refractivity contribution in [1.82, 2.24) is 9.47 Å². The van der Waals surface area contributed by atoms with E-state index < -0.39 is 0 Å². The molecule has 2 aliphatic rings. The maximum Gasteiger partial charge on any atom is 0.0489 e. The van der Waals surface area contributed by atoms with Crippen LogP contribution < -0.4 is 0 Å². The average Bonchev–Trinajstić information content (AvgIpc) is 2.81. The number of rotatable bonds is 2. The van der Waals surface area contributed by atoms with Crippen LogP contribution in [0.5, 0.6) is 0 Å². The van der Waals surface area contributed by atoms with Gasteiger partial charge >= 0.3 is 0 Å². The van der Waals surface area contributed by atoms with E-state index in [1.54, 1.807) is 5.56 Å². The summed E-state index contributed by atoms with van der Waals surface area (Å²) in [6.07, 6.45) is 6.89. The Kier molecular flexibility index (Phi) is 2.97. The number of likely N-dealkylation sites (N-methyl/N-ethyl adjacent to an activating group) is 1. The molecule has 2 heterocycles. The minimum absolute atomic E-state index is 0.680. The van der Waals surface area contributed by atoms with Crippen molar-refractivity contribution in [3.63, 3.8) is 0 Å². The maximum atomic E-state index is 3.90. The molecule has 2 nitrogen and oxygen atoms in total. The Morgan fingerprint density at radius 1 is 1.38 bits per heavy atom. The summed E-state index contributed by atoms with van der Waals surface area (Å²) in [5, 5.41) is 1.53. The smallest absolute Gasteiger partial charge is 0.0489 e. The summed E-state index contributed by atoms with van der Waals surface area (Å²) in [6.45, 7) is 8.44. The Morgan fingerprint density at radius 2 is 2.24 bits per heavy atom. The first-order valence-electron chi connectivity index (χ1n) is 8.10. The Balaban J connectivity index is 1.90. The molecule has 0 radical (unpaired) electrons. The Hall–Kier alpha value is -1.54. The normalized spacial score (nSPS) is 28.6. The van der Waals surface area contributed by atoms with E-state index in [9.17, 15) is 0 Å². The molecule has 1 fully saturated rings. The van der Waals surface area contributed by atoms with Crippen LogP contribution in [0.4, 0.5) is 0 Å². The minimum Gasteiger partial charge on any atom is -0.343 e. The van der Waals surface area contributed by atoms with Crippen LogP contribution in [0.3, 0.4) is 0 Å². The Bertz CT molecular complexity index is 697. The predicted octanol–water partition coefficient (Wildman–Crippen LogP) is 3.81. The zero-order valence-corrected chi connectivity index (χ0v) is 13.0. The van der Waals surface area contributed by atoms with Crippen LogP contribution in [-0.4, -0.2) is 29.1 Å². The quantitative estimate of drug-likeness (QED) is 0.760. The van der Waals surface area contributed by atoms with Gasteiger partial charge in [0.1, 0.15) is 0 Å². The summed E-state index contributed by atoms with van der Waals surface area (Å²) < 4.78 is 2.36. The highest BCUT2D eigenvalue weighted by atomic mass is 15.1. The van der Waals surface area contributed by atoms with Crippen molar-refractivity contribution in [2.75, 3.05) is 13.6 Å². The van der Waals surface area contributed by atoms with E-state index in [0.29, 0.717) is 12.0 Å². The molecule has 0 spiro atoms. The number of nitrogens with zero attached hydrogens (tertiary/aromatic N) is 2. The SMILES string of the molecule is C=CCn1cc2c3c(cccc31)C1C[C@@H](C)CN(C)[C@@H]1C2. The molecule has 0 amide bonds. The largest absolute Gasteiger partial charge is 0.343 e. The molecule has 0 N–H and O–H groups in total. The zero-order valence-electron chi connectivity index (χ0n) is 13.0. The molecular weight excluding hydrogens is 256 g/mol. The van der Waals surface area contributed by atoms with Crippen LogP contribution in [-0.2, 0) is 13.0 Å². The Labute approximate surface area is 127 Å². The maximum absolute atomic E-state index is 3.90. The van der Waals surface area contributed by atoms with Crippen LogP contribution in [0.15, 0.2) is 37.1 Å². The summed E-state index contributed by atoms with van der Waals surface area (Å²) in [4.78, 5) is 2.59. The first-order valence-corrected chi connectivity index (χ1v) is 8.10. The van der Waals surface area contributed by atoms with E-state index in [-0.39, 0.29) is 0 Å². The lowest BCUT2D eigenvalue weighted by Crippen LogP contribution is -2.47. The molecule has 21 heavy (non-hydrogen) atoms. The van der Waals surface area contributed by atoms with Gasteiger partial charge < -0.3 is 9.47 Å². The number of aromatic nitrogens is 1. The molecule has 1 saturated heterocycles. The summed E-state index contributed by atoms with van der Waals surface area (Å²) in [7, 11) is 2.30. The van der Waals surface area contributed by atoms with Crippen molar-refractivity contribution < 1.29 is 0 Å². The van der Waals surface area contributed by atoms with Gasteiger partial charge in [0, 0.05) is 42.1 Å². The fourth-order valence-electron chi connectivity index (χ4n) is 4.68. The third kappa shape index (κ3) is 1.89. The van der Waals surface area contributed by atoms with Gasteiger partial charge in [-0.25, -0.2) is 0 Å². The number of piperidine rings is 1. The second-order valence-electron chi connectivity index (χ2n) is 7.00. The first-order chi connectivity index (χ1) is 10.2. The number of hydrogen-bond donors (Lipinski definition) is 0. The van der Waals surface area contributed by atoms with Crippen molar-refractivity contribution in [3.05, 3.63) is 48.2 Å². The van der Waals surface area contributed by atoms with Crippen LogP contribution in [0.1, 0.15) is 30.4 Å². The molecule has 110 valence electrons. The molecule has 0 bridgehead atoms. The van der Waals surface area contributed by atoms with E-state index in [1.807, 2.05) is 6.08 Å². The summed E-state index contributed by atoms with van der Waals surface area (Å²) in [5.41, 5.74) is 4.51. The van der Waals surface area contributed by atoms with Gasteiger partial charge in [0.2, 0.25) is 0 Å². The zero-order chi connectivity index (χ0) is 14.6. The minimum atomic E-state index is 0.680. The van der Waals surface area contributed by atoms with Crippen molar-refractivity contribution in [2.45, 2.75) is 38.3 Å². The van der Waals surface area contributed by atoms with Gasteiger partial charge in [-0.05, 0) is 43.0 Å². The lowest BCUT2D eigenvalue weighted by molar-refractivity contribution is 0.119. The van der Waals surface area contributed by atoms with Crippen LogP contribution >= 0.6 is 0 Å². The standard InChI is InChI=1S/C19H24N2/c1-4-8-21-12-14-10-18-16(9-13(2)11-20(18)3)15-6-5-7-17(21)19(14)15/h4-7,12-13,16,18H,1,8-11H2,2-3H3/t13-,16?,18-/m1/s1. The number of hydrogen-bond acceptors (Lipinski definition) is 1. The molecule has 1 aliphatic carbocycles. The molecule has 4 rings (SSSR count). The second-order valence-corrected chi connectivity index (χ2v) is 7.00. The van der Waals surface area contributed by atoms with Crippen LogP contribution in [0.25, 0.3) is 10.9 Å². The summed E-state index contributed by atoms with van der Waals surface area (Å²) in [5.74, 6) is 1.50. The topological polar surface area (TPSA) is 8.17 Å². The second kappa shape index (κ2) is 4.74. The van der Waals surface area contributed by atoms with E-state index in [1.165, 1.54) is 35.9 Å². The fourth-order valence-corrected chi connectivity index (χ4v) is 4.68. The van der Waals surface area contributed by atoms with E-state index in [2.05, 4.69) is 54.4 Å². The molecular formula is C19H24N2. The molecule has 1 aliphatic heterocycles. The van der Waals surface area contributed by atoms with Crippen molar-refractivity contribution in [1.29, 1.82) is 0 Å². The summed E-state index contributed by atoms with van der Waals surface area (Å²) >= 11 is 0. The van der Waals surface area contributed by atoms with Crippen LogP contribution in [0.2, 0.25) is 0 Å². The highest BCUT2D eigenvalue weighted by Gasteiger charge is 2.38. The molecule has 1 aromatic heterocycles. The molecule has 1 unspecified atom stereocenters. The number of fused-ring (bicyclic) bond motifs is 2. The lowest BCUT2D eigenvalue weighted by Gasteiger charge is -2.44. The number of benzene rings is 1. The third-order valence-corrected chi connectivity index (χ3v) is 5.46. The van der Waals surface area contributed by atoms with Gasteiger partial charge in [-0.15, -0.1) is 6.58 Å². The molecule has 2 aromatic rings. The fraction of sp³-hybridized carbons (Fsp3) is 0.474. The van der Waals surface area contributed by atoms with Gasteiger partial charge in [0.25, 0.3) is 0 Å². The van der Waals surface area contributed by atoms with Gasteiger partial charge in [-0.1, -0.05) is 25.1 Å².